The molecule has 20 heavy (non-hydrogen) atoms. The van der Waals surface area contributed by atoms with Crippen LogP contribution in [0.1, 0.15) is 32.6 Å². The Morgan fingerprint density at radius 2 is 2.00 bits per heavy atom. The van der Waals surface area contributed by atoms with Crippen molar-refractivity contribution >= 4 is 17.0 Å². The molecule has 2 heterocycles. The van der Waals surface area contributed by atoms with Crippen molar-refractivity contribution in [2.75, 3.05) is 11.9 Å². The molecule has 0 bridgehead atoms. The Bertz CT molecular complexity index is 590. The molecule has 0 radical (unpaired) electrons. The molecule has 1 fully saturated rings. The Balaban J connectivity index is 1.83. The first-order valence-electron chi connectivity index (χ1n) is 7.27. The van der Waals surface area contributed by atoms with Gasteiger partial charge in [0.05, 0.1) is 5.54 Å². The minimum absolute atomic E-state index is 0.0185. The zero-order chi connectivity index (χ0) is 14.0. The van der Waals surface area contributed by atoms with Gasteiger partial charge in [-0.3, -0.25) is 4.98 Å². The number of fused-ring (bicyclic) bond motifs is 1. The van der Waals surface area contributed by atoms with Crippen LogP contribution in [0, 0.1) is 5.92 Å². The van der Waals surface area contributed by atoms with E-state index in [1.165, 1.54) is 12.8 Å². The standard InChI is InChI=1S/C15H21N5/c1-11-4-6-15(10-16,7-5-11)20-13-3-2-12-14(19-13)18-9-8-17-12/h2-3,8-9,11H,4-7,10,16H2,1H3,(H,18,19,20). The third-order valence-corrected chi connectivity index (χ3v) is 4.35. The van der Waals surface area contributed by atoms with E-state index < -0.39 is 0 Å². The summed E-state index contributed by atoms with van der Waals surface area (Å²) in [4.78, 5) is 13.0. The van der Waals surface area contributed by atoms with Crippen LogP contribution in [0.5, 0.6) is 0 Å². The highest BCUT2D eigenvalue weighted by Crippen LogP contribution is 2.33. The van der Waals surface area contributed by atoms with Crippen molar-refractivity contribution in [3.63, 3.8) is 0 Å². The van der Waals surface area contributed by atoms with E-state index in [1.807, 2.05) is 12.1 Å². The van der Waals surface area contributed by atoms with Crippen LogP contribution in [0.15, 0.2) is 24.5 Å². The molecule has 106 valence electrons. The van der Waals surface area contributed by atoms with E-state index in [4.69, 9.17) is 5.73 Å². The summed E-state index contributed by atoms with van der Waals surface area (Å²) < 4.78 is 0. The number of rotatable bonds is 3. The average molecular weight is 271 g/mol. The van der Waals surface area contributed by atoms with Gasteiger partial charge < -0.3 is 11.1 Å². The third kappa shape index (κ3) is 2.58. The molecular formula is C15H21N5. The molecule has 1 aliphatic rings. The lowest BCUT2D eigenvalue weighted by atomic mass is 9.77. The zero-order valence-electron chi connectivity index (χ0n) is 11.8. The molecule has 0 amide bonds. The first kappa shape index (κ1) is 13.2. The van der Waals surface area contributed by atoms with Gasteiger partial charge in [-0.15, -0.1) is 0 Å². The lowest BCUT2D eigenvalue weighted by Crippen LogP contribution is -2.48. The molecule has 3 N–H and O–H groups in total. The van der Waals surface area contributed by atoms with Crippen LogP contribution >= 0.6 is 0 Å². The number of aromatic nitrogens is 3. The maximum Gasteiger partial charge on any atom is 0.180 e. The molecule has 0 atom stereocenters. The van der Waals surface area contributed by atoms with E-state index in [0.717, 1.165) is 30.1 Å². The van der Waals surface area contributed by atoms with Crippen molar-refractivity contribution in [3.05, 3.63) is 24.5 Å². The van der Waals surface area contributed by atoms with Crippen LogP contribution < -0.4 is 11.1 Å². The second-order valence-corrected chi connectivity index (χ2v) is 5.89. The summed E-state index contributed by atoms with van der Waals surface area (Å²) >= 11 is 0. The summed E-state index contributed by atoms with van der Waals surface area (Å²) in [5, 5.41) is 3.55. The Hall–Kier alpha value is -1.75. The molecule has 0 aromatic carbocycles. The highest BCUT2D eigenvalue weighted by atomic mass is 15.1. The number of nitrogens with two attached hydrogens (primary N) is 1. The maximum absolute atomic E-state index is 6.03. The summed E-state index contributed by atoms with van der Waals surface area (Å²) in [6, 6.07) is 3.92. The number of pyridine rings is 1. The van der Waals surface area contributed by atoms with E-state index in [1.54, 1.807) is 12.4 Å². The topological polar surface area (TPSA) is 76.7 Å². The van der Waals surface area contributed by atoms with Gasteiger partial charge in [-0.2, -0.15) is 0 Å². The van der Waals surface area contributed by atoms with Crippen LogP contribution in [-0.4, -0.2) is 27.0 Å². The lowest BCUT2D eigenvalue weighted by Gasteiger charge is -2.39. The highest BCUT2D eigenvalue weighted by Gasteiger charge is 2.33. The molecule has 1 aliphatic carbocycles. The quantitative estimate of drug-likeness (QED) is 0.896. The van der Waals surface area contributed by atoms with Gasteiger partial charge in [0.1, 0.15) is 11.3 Å². The third-order valence-electron chi connectivity index (χ3n) is 4.35. The minimum atomic E-state index is -0.0185. The van der Waals surface area contributed by atoms with E-state index in [9.17, 15) is 0 Å². The van der Waals surface area contributed by atoms with Crippen LogP contribution in [-0.2, 0) is 0 Å². The van der Waals surface area contributed by atoms with Crippen LogP contribution in [0.3, 0.4) is 0 Å². The molecular weight excluding hydrogens is 250 g/mol. The SMILES string of the molecule is CC1CCC(CN)(Nc2ccc3nccnc3n2)CC1. The number of nitrogens with zero attached hydrogens (tertiary/aromatic N) is 3. The van der Waals surface area contributed by atoms with Crippen molar-refractivity contribution in [1.29, 1.82) is 0 Å². The van der Waals surface area contributed by atoms with Crippen molar-refractivity contribution in [2.45, 2.75) is 38.1 Å². The molecule has 0 spiro atoms. The van der Waals surface area contributed by atoms with E-state index in [2.05, 4.69) is 27.2 Å². The van der Waals surface area contributed by atoms with Crippen LogP contribution in [0.25, 0.3) is 11.2 Å². The fourth-order valence-corrected chi connectivity index (χ4v) is 2.89. The van der Waals surface area contributed by atoms with Gasteiger partial charge in [-0.1, -0.05) is 6.92 Å². The molecule has 5 heteroatoms. The van der Waals surface area contributed by atoms with Crippen molar-refractivity contribution in [2.24, 2.45) is 11.7 Å². The molecule has 0 saturated heterocycles. The Kier molecular flexibility index (Phi) is 3.53. The number of nitrogens with one attached hydrogen (secondary N) is 1. The fourth-order valence-electron chi connectivity index (χ4n) is 2.89. The van der Waals surface area contributed by atoms with E-state index >= 15 is 0 Å². The van der Waals surface area contributed by atoms with Gasteiger partial charge in [-0.05, 0) is 43.7 Å². The molecule has 2 aromatic heterocycles. The van der Waals surface area contributed by atoms with Crippen LogP contribution in [0.2, 0.25) is 0 Å². The number of anilines is 1. The van der Waals surface area contributed by atoms with Gasteiger partial charge in [0.25, 0.3) is 0 Å². The van der Waals surface area contributed by atoms with Crippen molar-refractivity contribution in [1.82, 2.24) is 15.0 Å². The van der Waals surface area contributed by atoms with Gasteiger partial charge in [0.15, 0.2) is 5.65 Å². The normalized spacial score (nSPS) is 26.6. The summed E-state index contributed by atoms with van der Waals surface area (Å²) in [5.41, 5.74) is 7.50. The van der Waals surface area contributed by atoms with Crippen molar-refractivity contribution in [3.8, 4) is 0 Å². The monoisotopic (exact) mass is 271 g/mol. The summed E-state index contributed by atoms with van der Waals surface area (Å²) in [6.07, 6.45) is 7.99. The van der Waals surface area contributed by atoms with Gasteiger partial charge >= 0.3 is 0 Å². The minimum Gasteiger partial charge on any atom is -0.363 e. The van der Waals surface area contributed by atoms with Crippen LogP contribution in [0.4, 0.5) is 5.82 Å². The summed E-state index contributed by atoms with van der Waals surface area (Å²) in [6.45, 7) is 2.95. The second-order valence-electron chi connectivity index (χ2n) is 5.89. The first-order chi connectivity index (χ1) is 9.71. The fraction of sp³-hybridized carbons (Fsp3) is 0.533. The van der Waals surface area contributed by atoms with E-state index in [-0.39, 0.29) is 5.54 Å². The second kappa shape index (κ2) is 5.32. The molecule has 2 aromatic rings. The summed E-state index contributed by atoms with van der Waals surface area (Å²) in [5.74, 6) is 1.64. The molecule has 5 nitrogen and oxygen atoms in total. The van der Waals surface area contributed by atoms with Gasteiger partial charge in [-0.25, -0.2) is 9.97 Å². The largest absolute Gasteiger partial charge is 0.363 e. The Morgan fingerprint density at radius 1 is 1.25 bits per heavy atom. The maximum atomic E-state index is 6.03. The summed E-state index contributed by atoms with van der Waals surface area (Å²) in [7, 11) is 0. The van der Waals surface area contributed by atoms with E-state index in [0.29, 0.717) is 12.2 Å². The van der Waals surface area contributed by atoms with Crippen molar-refractivity contribution < 1.29 is 0 Å². The smallest absolute Gasteiger partial charge is 0.180 e. The van der Waals surface area contributed by atoms with Gasteiger partial charge in [0.2, 0.25) is 0 Å². The lowest BCUT2D eigenvalue weighted by molar-refractivity contribution is 0.271. The first-order valence-corrected chi connectivity index (χ1v) is 7.27. The zero-order valence-corrected chi connectivity index (χ0v) is 11.8. The number of hydrogen-bond acceptors (Lipinski definition) is 5. The molecule has 1 saturated carbocycles. The molecule has 0 unspecified atom stereocenters. The number of hydrogen-bond donors (Lipinski definition) is 2. The Labute approximate surface area is 119 Å². The van der Waals surface area contributed by atoms with Gasteiger partial charge in [0, 0.05) is 18.9 Å². The molecule has 3 rings (SSSR count). The highest BCUT2D eigenvalue weighted by molar-refractivity contribution is 5.71. The average Bonchev–Trinajstić information content (AvgIpc) is 2.50. The predicted octanol–water partition coefficient (Wildman–Crippen LogP) is 2.34. The Morgan fingerprint density at radius 3 is 2.75 bits per heavy atom. The molecule has 0 aliphatic heterocycles. The predicted molar refractivity (Wildman–Crippen MR) is 80.4 cm³/mol.